The number of hydrogen-bond acceptors (Lipinski definition) is 8. The molecule has 5 aliphatic rings. The van der Waals surface area contributed by atoms with Gasteiger partial charge in [0.2, 0.25) is 0 Å². The molecule has 0 spiro atoms. The Morgan fingerprint density at radius 2 is 1.65 bits per heavy atom. The molecular weight excluding hydrogens is 754 g/mol. The first-order valence-electron chi connectivity index (χ1n) is 20.2. The van der Waals surface area contributed by atoms with Crippen molar-refractivity contribution in [2.45, 2.75) is 65.2 Å². The van der Waals surface area contributed by atoms with Gasteiger partial charge in [-0.15, -0.1) is 23.7 Å². The summed E-state index contributed by atoms with van der Waals surface area (Å²) in [5.74, 6) is 3.15. The number of phenolic OH excluding ortho intramolecular Hbond substituents is 2. The minimum absolute atomic E-state index is 0. The Balaban J connectivity index is 0.000000186. The van der Waals surface area contributed by atoms with Gasteiger partial charge in [-0.05, 0) is 159 Å². The highest BCUT2D eigenvalue weighted by Crippen LogP contribution is 2.64. The molecule has 0 unspecified atom stereocenters. The lowest BCUT2D eigenvalue weighted by Gasteiger charge is -2.56. The van der Waals surface area contributed by atoms with Crippen LogP contribution >= 0.6 is 23.7 Å². The number of rotatable bonds is 7. The van der Waals surface area contributed by atoms with Crippen molar-refractivity contribution < 1.29 is 29.3 Å². The molecule has 3 aromatic carbocycles. The largest absolute Gasteiger partial charge is 0.508 e. The number of aromatic hydroxyl groups is 2. The van der Waals surface area contributed by atoms with Gasteiger partial charge < -0.3 is 14.9 Å². The van der Waals surface area contributed by atoms with E-state index in [2.05, 4.69) is 31.4 Å². The number of allylic oxidation sites excluding steroid dienone is 5. The molecule has 3 saturated carbocycles. The van der Waals surface area contributed by atoms with Crippen molar-refractivity contribution in [2.24, 2.45) is 28.6 Å². The molecule has 9 heteroatoms. The number of benzene rings is 3. The molecule has 9 rings (SSSR count). The van der Waals surface area contributed by atoms with E-state index >= 15 is 0 Å². The van der Waals surface area contributed by atoms with Gasteiger partial charge >= 0.3 is 0 Å². The van der Waals surface area contributed by atoms with Crippen LogP contribution in [-0.2, 0) is 9.59 Å². The predicted octanol–water partition coefficient (Wildman–Crippen LogP) is 10.5. The zero-order valence-corrected chi connectivity index (χ0v) is 34.4. The smallest absolute Gasteiger partial charge is 0.195 e. The van der Waals surface area contributed by atoms with Crippen LogP contribution in [0.4, 0.5) is 0 Å². The van der Waals surface area contributed by atoms with Crippen LogP contribution in [0.2, 0.25) is 0 Å². The summed E-state index contributed by atoms with van der Waals surface area (Å²) in [5, 5.41) is 20.4. The Kier molecular flexibility index (Phi) is 11.7. The summed E-state index contributed by atoms with van der Waals surface area (Å²) in [7, 11) is 0. The van der Waals surface area contributed by atoms with Crippen molar-refractivity contribution in [3.63, 3.8) is 0 Å². The van der Waals surface area contributed by atoms with Crippen LogP contribution < -0.4 is 4.74 Å². The Bertz CT molecular complexity index is 2250. The maximum Gasteiger partial charge on any atom is 0.195 e. The lowest BCUT2D eigenvalue weighted by atomic mass is 9.48. The average Bonchev–Trinajstić information content (AvgIpc) is 3.72. The van der Waals surface area contributed by atoms with E-state index in [4.69, 9.17) is 4.74 Å². The number of ketones is 3. The number of fused-ring (bicyclic) bond motifs is 6. The third kappa shape index (κ3) is 7.76. The Labute approximate surface area is 345 Å². The number of carbonyl (C=O) groups is 3. The molecule has 2 N–H and O–H groups in total. The molecule has 1 saturated heterocycles. The number of piperidine rings is 1. The molecular formula is C48H52ClNO6S. The molecule has 1 aromatic heterocycles. The van der Waals surface area contributed by atoms with Gasteiger partial charge in [0.05, 0.1) is 0 Å². The monoisotopic (exact) mass is 805 g/mol. The second-order valence-corrected chi connectivity index (χ2v) is 17.9. The van der Waals surface area contributed by atoms with E-state index in [1.807, 2.05) is 24.3 Å². The second-order valence-electron chi connectivity index (χ2n) is 16.8. The van der Waals surface area contributed by atoms with Crippen molar-refractivity contribution in [1.82, 2.24) is 4.90 Å². The quantitative estimate of drug-likeness (QED) is 0.179. The van der Waals surface area contributed by atoms with Crippen molar-refractivity contribution in [1.29, 1.82) is 0 Å². The van der Waals surface area contributed by atoms with Gasteiger partial charge in [0, 0.05) is 49.9 Å². The van der Waals surface area contributed by atoms with E-state index in [1.165, 1.54) is 30.6 Å². The van der Waals surface area contributed by atoms with Gasteiger partial charge in [0.25, 0.3) is 0 Å². The van der Waals surface area contributed by atoms with E-state index < -0.39 is 0 Å². The fourth-order valence-electron chi connectivity index (χ4n) is 10.4. The highest BCUT2D eigenvalue weighted by Gasteiger charge is 2.59. The van der Waals surface area contributed by atoms with Gasteiger partial charge in [-0.1, -0.05) is 38.5 Å². The molecule has 4 fully saturated rings. The van der Waals surface area contributed by atoms with Gasteiger partial charge in [-0.2, -0.15) is 0 Å². The molecule has 1 aliphatic heterocycles. The summed E-state index contributed by atoms with van der Waals surface area (Å²) in [6.45, 7) is 12.6. The summed E-state index contributed by atoms with van der Waals surface area (Å²) < 4.78 is 6.76. The van der Waals surface area contributed by atoms with Crippen molar-refractivity contribution >= 4 is 51.2 Å². The van der Waals surface area contributed by atoms with Crippen LogP contribution in [0, 0.1) is 28.6 Å². The molecule has 0 radical (unpaired) electrons. The van der Waals surface area contributed by atoms with E-state index in [9.17, 15) is 24.6 Å². The van der Waals surface area contributed by atoms with Crippen molar-refractivity contribution in [3.8, 4) is 27.7 Å². The van der Waals surface area contributed by atoms with E-state index in [1.54, 1.807) is 54.6 Å². The van der Waals surface area contributed by atoms with E-state index in [0.717, 1.165) is 89.2 Å². The molecule has 57 heavy (non-hydrogen) atoms. The lowest BCUT2D eigenvalue weighted by molar-refractivity contribution is -0.131. The molecule has 4 aliphatic carbocycles. The van der Waals surface area contributed by atoms with Crippen LogP contribution in [0.3, 0.4) is 0 Å². The maximum atomic E-state index is 13.6. The van der Waals surface area contributed by atoms with E-state index in [0.29, 0.717) is 41.3 Å². The van der Waals surface area contributed by atoms with Gasteiger partial charge in [-0.3, -0.25) is 19.3 Å². The van der Waals surface area contributed by atoms with E-state index in [-0.39, 0.29) is 46.3 Å². The first kappa shape index (κ1) is 40.7. The molecule has 4 aromatic rings. The fourth-order valence-corrected chi connectivity index (χ4v) is 11.7. The number of hydrogen-bond donors (Lipinski definition) is 2. The molecule has 298 valence electrons. The standard InChI is InChI=1S/C28H27NO4S.C20H24O2.ClH/c30-21-8-4-20(5-9-21)28-26(24-13-10-22(31)18-25(24)34-28)27(32)19-6-11-23(12-7-19)33-17-16-29-14-2-1-3-15-29;1-12-10-14-15-4-5-18(22)20(15,3)9-7-16(14)19(2)8-6-13(21)11-17(12)19;/h4-13,18,30-31H,1-3,14-17H2;6,8,11,14-16H,1,4-5,7,9-10H2,2-3H3;1H/t;14-,15-,16-,19+,20-;/m.0./s1. The minimum Gasteiger partial charge on any atom is -0.508 e. The van der Waals surface area contributed by atoms with Crippen LogP contribution in [-0.4, -0.2) is 58.7 Å². The third-order valence-electron chi connectivity index (χ3n) is 13.5. The number of Topliss-reactive ketones (excluding diaryl/α,β-unsaturated/α-hetero) is 1. The zero-order chi connectivity index (χ0) is 39.2. The number of phenols is 2. The highest BCUT2D eigenvalue weighted by atomic mass is 35.5. The van der Waals surface area contributed by atoms with Gasteiger partial charge in [0.1, 0.15) is 29.6 Å². The minimum atomic E-state index is -0.104. The second kappa shape index (κ2) is 16.4. The number of thiophene rings is 1. The topological polar surface area (TPSA) is 104 Å². The summed E-state index contributed by atoms with van der Waals surface area (Å²) in [5.41, 5.74) is 4.12. The van der Waals surface area contributed by atoms with Crippen LogP contribution in [0.25, 0.3) is 20.5 Å². The lowest BCUT2D eigenvalue weighted by Crippen LogP contribution is -2.50. The Morgan fingerprint density at radius 3 is 2.39 bits per heavy atom. The van der Waals surface area contributed by atoms with Crippen molar-refractivity contribution in [3.05, 3.63) is 114 Å². The highest BCUT2D eigenvalue weighted by molar-refractivity contribution is 7.22. The number of halogens is 1. The molecule has 5 atom stereocenters. The summed E-state index contributed by atoms with van der Waals surface area (Å²) >= 11 is 1.46. The first-order chi connectivity index (χ1) is 26.9. The van der Waals surface area contributed by atoms with Crippen LogP contribution in [0.1, 0.15) is 81.1 Å². The Morgan fingerprint density at radius 1 is 0.930 bits per heavy atom. The van der Waals surface area contributed by atoms with Crippen molar-refractivity contribution in [2.75, 3.05) is 26.2 Å². The molecule has 2 heterocycles. The van der Waals surface area contributed by atoms with Gasteiger partial charge in [-0.25, -0.2) is 0 Å². The predicted molar refractivity (Wildman–Crippen MR) is 230 cm³/mol. The molecule has 0 bridgehead atoms. The van der Waals surface area contributed by atoms with Crippen LogP contribution in [0.15, 0.2) is 103 Å². The summed E-state index contributed by atoms with van der Waals surface area (Å²) in [6, 6.07) is 19.2. The fraction of sp³-hybridized carbons (Fsp3) is 0.396. The maximum absolute atomic E-state index is 13.6. The third-order valence-corrected chi connectivity index (χ3v) is 14.7. The first-order valence-corrected chi connectivity index (χ1v) is 21.0. The van der Waals surface area contributed by atoms with Crippen LogP contribution in [0.5, 0.6) is 17.2 Å². The zero-order valence-electron chi connectivity index (χ0n) is 32.8. The SMILES string of the molecule is C=C1C[C@@H]2[C@H](CC[C@]3(C)C(=O)CC[C@@H]23)[C@@]2(C)C=CC(=O)C=C12.Cl.O=C(c1ccc(OCCN2CCCCC2)cc1)c1c(-c2ccc(O)cc2)sc2cc(O)ccc12. The van der Waals surface area contributed by atoms with Gasteiger partial charge in [0.15, 0.2) is 11.6 Å². The summed E-state index contributed by atoms with van der Waals surface area (Å²) in [4.78, 5) is 41.1. The molecule has 7 nitrogen and oxygen atoms in total. The Hall–Kier alpha value is -4.50. The molecule has 0 amide bonds. The number of nitrogens with zero attached hydrogens (tertiary/aromatic N) is 1. The number of carbonyl (C=O) groups excluding carboxylic acids is 3. The normalized spacial score (nSPS) is 26.7. The number of ether oxygens (including phenoxy) is 1. The number of likely N-dealkylation sites (tertiary alicyclic amines) is 1. The summed E-state index contributed by atoms with van der Waals surface area (Å²) in [6.07, 6.45) is 14.3. The average molecular weight is 806 g/mol.